The summed E-state index contributed by atoms with van der Waals surface area (Å²) in [5, 5.41) is 0.820. The first-order chi connectivity index (χ1) is 15.0. The van der Waals surface area contributed by atoms with Gasteiger partial charge in [0, 0.05) is 29.7 Å². The van der Waals surface area contributed by atoms with Gasteiger partial charge in [0.15, 0.2) is 0 Å². The predicted octanol–water partition coefficient (Wildman–Crippen LogP) is 5.27. The predicted molar refractivity (Wildman–Crippen MR) is 120 cm³/mol. The normalized spacial score (nSPS) is 12.1. The Bertz CT molecular complexity index is 1320. The smallest absolute Gasteiger partial charge is 0.372 e. The number of pyridine rings is 1. The lowest BCUT2D eigenvalue weighted by molar-refractivity contribution is -0.137. The van der Waals surface area contributed by atoms with Gasteiger partial charge >= 0.3 is 6.18 Å². The zero-order valence-corrected chi connectivity index (χ0v) is 17.9. The molecule has 4 aromatic rings. The molecule has 0 radical (unpaired) electrons. The molecule has 0 saturated heterocycles. The minimum Gasteiger partial charge on any atom is -0.372 e. The maximum absolute atomic E-state index is 13.2. The Hall–Kier alpha value is -3.55. The number of nitrogens with zero attached hydrogens (tertiary/aromatic N) is 2. The number of anilines is 1. The number of hydrogen-bond donors (Lipinski definition) is 2. The summed E-state index contributed by atoms with van der Waals surface area (Å²) in [6, 6.07) is 12.8. The first-order valence-corrected chi connectivity index (χ1v) is 10.2. The molecular weight excluding hydrogens is 417 g/mol. The number of primary amides is 1. The Morgan fingerprint density at radius 3 is 2.56 bits per heavy atom. The van der Waals surface area contributed by atoms with Crippen molar-refractivity contribution in [3.8, 4) is 11.3 Å². The zero-order valence-electron chi connectivity index (χ0n) is 17.9. The van der Waals surface area contributed by atoms with Crippen molar-refractivity contribution in [1.82, 2.24) is 9.97 Å². The summed E-state index contributed by atoms with van der Waals surface area (Å²) in [7, 11) is 2.00. The second kappa shape index (κ2) is 7.85. The van der Waals surface area contributed by atoms with E-state index in [1.165, 1.54) is 6.07 Å². The minimum absolute atomic E-state index is 0.0590. The molecule has 166 valence electrons. The van der Waals surface area contributed by atoms with E-state index in [-0.39, 0.29) is 6.42 Å². The number of aromatic nitrogens is 2. The fourth-order valence-electron chi connectivity index (χ4n) is 3.76. The van der Waals surface area contributed by atoms with Crippen LogP contribution in [0, 0.1) is 0 Å². The summed E-state index contributed by atoms with van der Waals surface area (Å²) in [5.74, 6) is -0.536. The van der Waals surface area contributed by atoms with Crippen molar-refractivity contribution in [2.24, 2.45) is 5.73 Å². The Balaban J connectivity index is 1.94. The van der Waals surface area contributed by atoms with Gasteiger partial charge in [0.25, 0.3) is 0 Å². The number of amides is 1. The van der Waals surface area contributed by atoms with Gasteiger partial charge in [-0.25, -0.2) is 4.98 Å². The molecule has 0 unspecified atom stereocenters. The number of hydrogen-bond acceptors (Lipinski definition) is 3. The summed E-state index contributed by atoms with van der Waals surface area (Å²) < 4.78 is 39.6. The summed E-state index contributed by atoms with van der Waals surface area (Å²) in [6.07, 6.45) is -4.52. The number of halogens is 3. The quantitative estimate of drug-likeness (QED) is 0.444. The fraction of sp³-hybridized carbons (Fsp3) is 0.250. The van der Waals surface area contributed by atoms with Crippen LogP contribution in [0.3, 0.4) is 0 Å². The molecule has 0 aliphatic rings. The molecule has 0 spiro atoms. The molecule has 2 heterocycles. The third-order valence-electron chi connectivity index (χ3n) is 5.65. The van der Waals surface area contributed by atoms with E-state index in [0.717, 1.165) is 28.7 Å². The number of H-pyrrole nitrogens is 1. The molecule has 2 aromatic carbocycles. The largest absolute Gasteiger partial charge is 0.416 e. The van der Waals surface area contributed by atoms with Crippen molar-refractivity contribution in [1.29, 1.82) is 0 Å². The van der Waals surface area contributed by atoms with Crippen LogP contribution in [0.25, 0.3) is 33.2 Å². The summed E-state index contributed by atoms with van der Waals surface area (Å²) in [6.45, 7) is 4.17. The Kier molecular flexibility index (Phi) is 5.32. The number of alkyl halides is 3. The van der Waals surface area contributed by atoms with E-state index >= 15 is 0 Å². The van der Waals surface area contributed by atoms with Gasteiger partial charge in [0.05, 0.1) is 34.2 Å². The summed E-state index contributed by atoms with van der Waals surface area (Å²) >= 11 is 0. The van der Waals surface area contributed by atoms with Crippen LogP contribution in [0.4, 0.5) is 18.9 Å². The van der Waals surface area contributed by atoms with Gasteiger partial charge in [-0.3, -0.25) is 4.79 Å². The first-order valence-electron chi connectivity index (χ1n) is 10.2. The molecule has 0 fully saturated rings. The fourth-order valence-corrected chi connectivity index (χ4v) is 3.76. The zero-order chi connectivity index (χ0) is 23.2. The Morgan fingerprint density at radius 2 is 1.91 bits per heavy atom. The third kappa shape index (κ3) is 4.00. The lowest BCUT2D eigenvalue weighted by Crippen LogP contribution is -2.25. The van der Waals surface area contributed by atoms with Gasteiger partial charge in [-0.05, 0) is 55.8 Å². The molecule has 3 N–H and O–H groups in total. The van der Waals surface area contributed by atoms with Crippen LogP contribution in [0.1, 0.15) is 25.0 Å². The van der Waals surface area contributed by atoms with Crippen molar-refractivity contribution >= 4 is 33.5 Å². The van der Waals surface area contributed by atoms with Crippen molar-refractivity contribution in [2.75, 3.05) is 11.9 Å². The number of carbonyl (C=O) groups is 1. The molecule has 0 bridgehead atoms. The van der Waals surface area contributed by atoms with Crippen molar-refractivity contribution in [2.45, 2.75) is 32.5 Å². The number of carbonyl (C=O) groups excluding carboxylic acids is 1. The molecule has 0 aliphatic heterocycles. The lowest BCUT2D eigenvalue weighted by Gasteiger charge is -2.23. The molecule has 0 atom stereocenters. The highest BCUT2D eigenvalue weighted by Gasteiger charge is 2.30. The Labute approximate surface area is 183 Å². The summed E-state index contributed by atoms with van der Waals surface area (Å²) in [5.41, 5.74) is 9.02. The van der Waals surface area contributed by atoms with Gasteiger partial charge < -0.3 is 15.6 Å². The van der Waals surface area contributed by atoms with E-state index in [4.69, 9.17) is 5.73 Å². The van der Waals surface area contributed by atoms with Gasteiger partial charge in [-0.15, -0.1) is 0 Å². The standard InChI is InChI=1S/C24H23F3N4O/c1-13(2)31(3)17-7-8-18-20(12-17)30-22-15(11-21(28)32)10-19(29-23(18)22)14-5-4-6-16(9-14)24(25,26)27/h4-10,12-13,30H,11H2,1-3H3,(H2,28,32). The van der Waals surface area contributed by atoms with Gasteiger partial charge in [0.1, 0.15) is 0 Å². The third-order valence-corrected chi connectivity index (χ3v) is 5.65. The molecule has 8 heteroatoms. The highest BCUT2D eigenvalue weighted by molar-refractivity contribution is 6.08. The van der Waals surface area contributed by atoms with E-state index in [1.807, 2.05) is 25.2 Å². The first kappa shape index (κ1) is 21.7. The van der Waals surface area contributed by atoms with Crippen LogP contribution >= 0.6 is 0 Å². The van der Waals surface area contributed by atoms with Crippen molar-refractivity contribution in [3.63, 3.8) is 0 Å². The van der Waals surface area contributed by atoms with Gasteiger partial charge in [-0.1, -0.05) is 12.1 Å². The molecule has 1 amide bonds. The summed E-state index contributed by atoms with van der Waals surface area (Å²) in [4.78, 5) is 21.8. The maximum atomic E-state index is 13.2. The highest BCUT2D eigenvalue weighted by Crippen LogP contribution is 2.35. The van der Waals surface area contributed by atoms with Gasteiger partial charge in [0.2, 0.25) is 5.91 Å². The Morgan fingerprint density at radius 1 is 1.16 bits per heavy atom. The van der Waals surface area contributed by atoms with Crippen LogP contribution in [-0.2, 0) is 17.4 Å². The number of rotatable bonds is 5. The molecule has 4 rings (SSSR count). The van der Waals surface area contributed by atoms with Crippen molar-refractivity contribution < 1.29 is 18.0 Å². The van der Waals surface area contributed by atoms with E-state index < -0.39 is 17.6 Å². The minimum atomic E-state index is -4.46. The topological polar surface area (TPSA) is 75.0 Å². The number of aromatic amines is 1. The average molecular weight is 440 g/mol. The monoisotopic (exact) mass is 440 g/mol. The molecular formula is C24H23F3N4O. The highest BCUT2D eigenvalue weighted by atomic mass is 19.4. The van der Waals surface area contributed by atoms with E-state index in [9.17, 15) is 18.0 Å². The second-order valence-corrected chi connectivity index (χ2v) is 8.17. The maximum Gasteiger partial charge on any atom is 0.416 e. The number of nitrogens with two attached hydrogens (primary N) is 1. The van der Waals surface area contributed by atoms with E-state index in [0.29, 0.717) is 33.9 Å². The lowest BCUT2D eigenvalue weighted by atomic mass is 10.0. The molecule has 5 nitrogen and oxygen atoms in total. The molecule has 0 saturated carbocycles. The van der Waals surface area contributed by atoms with Crippen LogP contribution in [0.15, 0.2) is 48.5 Å². The molecule has 0 aliphatic carbocycles. The second-order valence-electron chi connectivity index (χ2n) is 8.17. The van der Waals surface area contributed by atoms with E-state index in [1.54, 1.807) is 12.1 Å². The van der Waals surface area contributed by atoms with Crippen LogP contribution in [0.2, 0.25) is 0 Å². The number of nitrogens with one attached hydrogen (secondary N) is 1. The van der Waals surface area contributed by atoms with Crippen molar-refractivity contribution in [3.05, 3.63) is 59.7 Å². The SMILES string of the molecule is CC(C)N(C)c1ccc2c(c1)[nH]c1c(CC(N)=O)cc(-c3cccc(C(F)(F)F)c3)nc12. The van der Waals surface area contributed by atoms with Gasteiger partial charge in [-0.2, -0.15) is 13.2 Å². The number of fused-ring (bicyclic) bond motifs is 3. The molecule has 32 heavy (non-hydrogen) atoms. The van der Waals surface area contributed by atoms with Crippen LogP contribution in [0.5, 0.6) is 0 Å². The average Bonchev–Trinajstić information content (AvgIpc) is 3.10. The number of benzene rings is 2. The van der Waals surface area contributed by atoms with E-state index in [2.05, 4.69) is 28.7 Å². The molecule has 2 aromatic heterocycles. The van der Waals surface area contributed by atoms with Crippen LogP contribution < -0.4 is 10.6 Å². The van der Waals surface area contributed by atoms with Crippen LogP contribution in [-0.4, -0.2) is 29.0 Å².